The highest BCUT2D eigenvalue weighted by molar-refractivity contribution is 9.10. The van der Waals surface area contributed by atoms with E-state index in [9.17, 15) is 15.2 Å². The summed E-state index contributed by atoms with van der Waals surface area (Å²) in [6.45, 7) is 3.35. The molecule has 6 nitrogen and oxygen atoms in total. The van der Waals surface area contributed by atoms with Crippen molar-refractivity contribution >= 4 is 21.6 Å². The molecule has 1 aromatic carbocycles. The summed E-state index contributed by atoms with van der Waals surface area (Å²) in [7, 11) is 0. The smallest absolute Gasteiger partial charge is 0.312 e. The third-order valence-corrected chi connectivity index (χ3v) is 3.97. The number of aliphatic hydroxyl groups is 1. The topological polar surface area (TPSA) is 81.8 Å². The minimum Gasteiger partial charge on any atom is -0.486 e. The van der Waals surface area contributed by atoms with E-state index in [0.717, 1.165) is 12.8 Å². The highest BCUT2D eigenvalue weighted by Crippen LogP contribution is 2.38. The van der Waals surface area contributed by atoms with E-state index in [1.165, 1.54) is 6.07 Å². The van der Waals surface area contributed by atoms with Crippen molar-refractivity contribution < 1.29 is 19.5 Å². The maximum Gasteiger partial charge on any atom is 0.312 e. The van der Waals surface area contributed by atoms with Gasteiger partial charge in [-0.2, -0.15) is 0 Å². The second-order valence-corrected chi connectivity index (χ2v) is 6.06. The SMILES string of the molecule is C[C@H](O)c1cc(Br)cc([N+](=O)[O-])c1OCC1CCOCC1. The maximum absolute atomic E-state index is 11.2. The fourth-order valence-electron chi connectivity index (χ4n) is 2.32. The standard InChI is InChI=1S/C14H18BrNO5/c1-9(17)12-6-11(15)7-13(16(18)19)14(12)21-8-10-2-4-20-5-3-10/h6-7,9-10,17H,2-5,8H2,1H3/t9-/m0/s1. The largest absolute Gasteiger partial charge is 0.486 e. The number of aliphatic hydroxyl groups excluding tert-OH is 1. The van der Waals surface area contributed by atoms with Crippen LogP contribution in [0.2, 0.25) is 0 Å². The van der Waals surface area contributed by atoms with Gasteiger partial charge in [-0.25, -0.2) is 0 Å². The van der Waals surface area contributed by atoms with E-state index >= 15 is 0 Å². The number of rotatable bonds is 5. The van der Waals surface area contributed by atoms with Crippen molar-refractivity contribution in [2.75, 3.05) is 19.8 Å². The predicted octanol–water partition coefficient (Wildman–Crippen LogP) is 3.22. The van der Waals surface area contributed by atoms with Gasteiger partial charge in [0.15, 0.2) is 0 Å². The molecule has 0 unspecified atom stereocenters. The first-order valence-corrected chi connectivity index (χ1v) is 7.64. The van der Waals surface area contributed by atoms with Gasteiger partial charge in [-0.1, -0.05) is 15.9 Å². The molecule has 0 spiro atoms. The van der Waals surface area contributed by atoms with E-state index in [0.29, 0.717) is 35.8 Å². The highest BCUT2D eigenvalue weighted by Gasteiger charge is 2.25. The van der Waals surface area contributed by atoms with Crippen LogP contribution in [0, 0.1) is 16.0 Å². The molecule has 0 saturated carbocycles. The zero-order chi connectivity index (χ0) is 15.4. The van der Waals surface area contributed by atoms with Crippen LogP contribution < -0.4 is 4.74 Å². The Bertz CT molecular complexity index is 514. The molecule has 0 aromatic heterocycles. The van der Waals surface area contributed by atoms with E-state index in [1.54, 1.807) is 13.0 Å². The van der Waals surface area contributed by atoms with Crippen molar-refractivity contribution in [3.05, 3.63) is 32.3 Å². The van der Waals surface area contributed by atoms with Gasteiger partial charge in [0.1, 0.15) is 0 Å². The summed E-state index contributed by atoms with van der Waals surface area (Å²) in [4.78, 5) is 10.7. The van der Waals surface area contributed by atoms with Gasteiger partial charge in [0, 0.05) is 29.3 Å². The van der Waals surface area contributed by atoms with Crippen LogP contribution in [-0.2, 0) is 4.74 Å². The first kappa shape index (κ1) is 16.2. The lowest BCUT2D eigenvalue weighted by atomic mass is 10.0. The minimum atomic E-state index is -0.842. The zero-order valence-electron chi connectivity index (χ0n) is 11.8. The summed E-state index contributed by atoms with van der Waals surface area (Å²) in [5, 5.41) is 21.0. The van der Waals surface area contributed by atoms with Crippen LogP contribution in [0.3, 0.4) is 0 Å². The zero-order valence-corrected chi connectivity index (χ0v) is 13.3. The van der Waals surface area contributed by atoms with Gasteiger partial charge in [-0.05, 0) is 31.7 Å². The van der Waals surface area contributed by atoms with Crippen LogP contribution in [0.5, 0.6) is 5.75 Å². The summed E-state index contributed by atoms with van der Waals surface area (Å²) in [5.41, 5.74) is 0.287. The molecule has 1 aliphatic rings. The summed E-state index contributed by atoms with van der Waals surface area (Å²) >= 11 is 3.22. The first-order valence-electron chi connectivity index (χ1n) is 6.85. The second kappa shape index (κ2) is 7.20. The van der Waals surface area contributed by atoms with Crippen molar-refractivity contribution in [2.24, 2.45) is 5.92 Å². The number of hydrogen-bond acceptors (Lipinski definition) is 5. The van der Waals surface area contributed by atoms with Gasteiger partial charge in [-0.15, -0.1) is 0 Å². The summed E-state index contributed by atoms with van der Waals surface area (Å²) in [6, 6.07) is 3.04. The van der Waals surface area contributed by atoms with E-state index in [4.69, 9.17) is 9.47 Å². The molecule has 0 radical (unpaired) electrons. The molecule has 116 valence electrons. The molecular weight excluding hydrogens is 342 g/mol. The lowest BCUT2D eigenvalue weighted by molar-refractivity contribution is -0.386. The molecule has 0 bridgehead atoms. The van der Waals surface area contributed by atoms with Gasteiger partial charge in [0.2, 0.25) is 5.75 Å². The number of nitrogens with zero attached hydrogens (tertiary/aromatic N) is 1. The second-order valence-electron chi connectivity index (χ2n) is 5.14. The molecule has 1 aliphatic heterocycles. The molecule has 1 N–H and O–H groups in total. The van der Waals surface area contributed by atoms with Crippen molar-refractivity contribution in [2.45, 2.75) is 25.9 Å². The molecule has 1 saturated heterocycles. The highest BCUT2D eigenvalue weighted by atomic mass is 79.9. The quantitative estimate of drug-likeness (QED) is 0.644. The van der Waals surface area contributed by atoms with Crippen LogP contribution in [0.4, 0.5) is 5.69 Å². The molecular formula is C14H18BrNO5. The Kier molecular flexibility index (Phi) is 5.55. The molecule has 1 fully saturated rings. The van der Waals surface area contributed by atoms with Gasteiger partial charge < -0.3 is 14.6 Å². The number of benzene rings is 1. The fourth-order valence-corrected chi connectivity index (χ4v) is 2.78. The van der Waals surface area contributed by atoms with Crippen LogP contribution in [0.15, 0.2) is 16.6 Å². The molecule has 0 aliphatic carbocycles. The Morgan fingerprint density at radius 1 is 1.52 bits per heavy atom. The molecule has 2 rings (SSSR count). The van der Waals surface area contributed by atoms with Crippen LogP contribution in [0.25, 0.3) is 0 Å². The Balaban J connectivity index is 2.24. The normalized spacial score (nSPS) is 17.5. The molecule has 1 heterocycles. The Hall–Kier alpha value is -1.18. The maximum atomic E-state index is 11.2. The van der Waals surface area contributed by atoms with E-state index in [-0.39, 0.29) is 11.4 Å². The summed E-state index contributed by atoms with van der Waals surface area (Å²) < 4.78 is 11.5. The lowest BCUT2D eigenvalue weighted by Gasteiger charge is -2.23. The van der Waals surface area contributed by atoms with E-state index in [2.05, 4.69) is 15.9 Å². The predicted molar refractivity (Wildman–Crippen MR) is 80.5 cm³/mol. The van der Waals surface area contributed by atoms with E-state index in [1.807, 2.05) is 0 Å². The molecule has 0 amide bonds. The Labute approximate surface area is 131 Å². The number of nitro benzene ring substituents is 1. The average molecular weight is 360 g/mol. The molecule has 7 heteroatoms. The molecule has 21 heavy (non-hydrogen) atoms. The lowest BCUT2D eigenvalue weighted by Crippen LogP contribution is -2.22. The summed E-state index contributed by atoms with van der Waals surface area (Å²) in [6.07, 6.45) is 0.925. The van der Waals surface area contributed by atoms with Crippen molar-refractivity contribution in [3.8, 4) is 5.75 Å². The Morgan fingerprint density at radius 3 is 2.76 bits per heavy atom. The fraction of sp³-hybridized carbons (Fsp3) is 0.571. The molecule has 1 atom stereocenters. The Morgan fingerprint density at radius 2 is 2.19 bits per heavy atom. The van der Waals surface area contributed by atoms with Crippen LogP contribution >= 0.6 is 15.9 Å². The van der Waals surface area contributed by atoms with Crippen molar-refractivity contribution in [3.63, 3.8) is 0 Å². The number of nitro groups is 1. The third-order valence-electron chi connectivity index (χ3n) is 3.51. The van der Waals surface area contributed by atoms with Gasteiger partial charge in [0.05, 0.1) is 17.6 Å². The monoisotopic (exact) mass is 359 g/mol. The van der Waals surface area contributed by atoms with Crippen molar-refractivity contribution in [1.29, 1.82) is 0 Å². The number of ether oxygens (including phenoxy) is 2. The minimum absolute atomic E-state index is 0.132. The van der Waals surface area contributed by atoms with E-state index < -0.39 is 11.0 Å². The third kappa shape index (κ3) is 4.15. The first-order chi connectivity index (χ1) is 9.99. The van der Waals surface area contributed by atoms with Crippen LogP contribution in [-0.4, -0.2) is 29.9 Å². The van der Waals surface area contributed by atoms with Crippen molar-refractivity contribution in [1.82, 2.24) is 0 Å². The number of hydrogen-bond donors (Lipinski definition) is 1. The average Bonchev–Trinajstić information content (AvgIpc) is 2.46. The van der Waals surface area contributed by atoms with Gasteiger partial charge in [-0.3, -0.25) is 10.1 Å². The van der Waals surface area contributed by atoms with Crippen LogP contribution in [0.1, 0.15) is 31.4 Å². The van der Waals surface area contributed by atoms with Gasteiger partial charge >= 0.3 is 5.69 Å². The van der Waals surface area contributed by atoms with Gasteiger partial charge in [0.25, 0.3) is 0 Å². The number of halogens is 1. The summed E-state index contributed by atoms with van der Waals surface area (Å²) in [5.74, 6) is 0.480. The molecule has 1 aromatic rings.